The van der Waals surface area contributed by atoms with E-state index in [2.05, 4.69) is 36.3 Å². The largest absolute Gasteiger partial charge is 0.309 e. The van der Waals surface area contributed by atoms with Gasteiger partial charge in [-0.3, -0.25) is 4.79 Å². The molecule has 6 nitrogen and oxygen atoms in total. The molecule has 0 saturated heterocycles. The molecule has 1 atom stereocenters. The van der Waals surface area contributed by atoms with E-state index < -0.39 is 6.04 Å². The van der Waals surface area contributed by atoms with Crippen LogP contribution in [0.1, 0.15) is 13.0 Å². The number of amides is 1. The summed E-state index contributed by atoms with van der Waals surface area (Å²) in [7, 11) is 0. The summed E-state index contributed by atoms with van der Waals surface area (Å²) in [4.78, 5) is 19.7. The Hall–Kier alpha value is -1.76. The molecule has 2 rings (SSSR count). The first kappa shape index (κ1) is 11.7. The van der Waals surface area contributed by atoms with Crippen LogP contribution in [0.5, 0.6) is 0 Å². The molecular weight excluding hydrogens is 286 g/mol. The molecule has 1 N–H and O–H groups in total. The van der Waals surface area contributed by atoms with Gasteiger partial charge in [-0.1, -0.05) is 15.9 Å². The highest BCUT2D eigenvalue weighted by atomic mass is 79.9. The van der Waals surface area contributed by atoms with Gasteiger partial charge in [0, 0.05) is 10.7 Å². The van der Waals surface area contributed by atoms with Crippen molar-refractivity contribution in [3.63, 3.8) is 0 Å². The van der Waals surface area contributed by atoms with Gasteiger partial charge in [-0.05, 0) is 19.1 Å². The van der Waals surface area contributed by atoms with E-state index in [1.165, 1.54) is 17.3 Å². The maximum absolute atomic E-state index is 11.9. The molecule has 17 heavy (non-hydrogen) atoms. The number of carbonyl (C=O) groups is 1. The monoisotopic (exact) mass is 295 g/mol. The van der Waals surface area contributed by atoms with Crippen molar-refractivity contribution in [3.8, 4) is 0 Å². The number of hydrogen-bond acceptors (Lipinski definition) is 4. The third-order valence-corrected chi connectivity index (χ3v) is 2.68. The van der Waals surface area contributed by atoms with Gasteiger partial charge in [0.05, 0.1) is 0 Å². The molecule has 0 bridgehead atoms. The molecule has 0 aliphatic carbocycles. The average Bonchev–Trinajstić information content (AvgIpc) is 2.81. The molecule has 0 aliphatic heterocycles. The number of nitrogens with one attached hydrogen (secondary N) is 1. The number of halogens is 1. The van der Waals surface area contributed by atoms with E-state index in [1.807, 2.05) is 0 Å². The zero-order chi connectivity index (χ0) is 12.3. The van der Waals surface area contributed by atoms with Crippen LogP contribution in [0.25, 0.3) is 0 Å². The lowest BCUT2D eigenvalue weighted by Crippen LogP contribution is -2.24. The summed E-state index contributed by atoms with van der Waals surface area (Å²) in [6.07, 6.45) is 4.50. The van der Waals surface area contributed by atoms with Crippen molar-refractivity contribution in [1.29, 1.82) is 0 Å². The minimum Gasteiger partial charge on any atom is -0.309 e. The van der Waals surface area contributed by atoms with Crippen molar-refractivity contribution in [3.05, 3.63) is 35.5 Å². The highest BCUT2D eigenvalue weighted by Crippen LogP contribution is 2.14. The average molecular weight is 296 g/mol. The molecule has 7 heteroatoms. The Morgan fingerprint density at radius 1 is 1.59 bits per heavy atom. The predicted octanol–water partition coefficient (Wildman–Crippen LogP) is 1.64. The molecular formula is C10H10BrN5O. The number of nitrogens with zero attached hydrogens (tertiary/aromatic N) is 4. The first-order chi connectivity index (χ1) is 8.16. The van der Waals surface area contributed by atoms with Crippen molar-refractivity contribution in [2.45, 2.75) is 13.0 Å². The van der Waals surface area contributed by atoms with E-state index in [4.69, 9.17) is 0 Å². The minimum atomic E-state index is -0.432. The van der Waals surface area contributed by atoms with E-state index in [-0.39, 0.29) is 5.91 Å². The number of rotatable bonds is 3. The van der Waals surface area contributed by atoms with Crippen molar-refractivity contribution in [2.24, 2.45) is 0 Å². The molecule has 0 fully saturated rings. The Morgan fingerprint density at radius 2 is 2.41 bits per heavy atom. The second kappa shape index (κ2) is 5.05. The van der Waals surface area contributed by atoms with Gasteiger partial charge >= 0.3 is 0 Å². The Bertz CT molecular complexity index is 513. The lowest BCUT2D eigenvalue weighted by Gasteiger charge is -2.11. The van der Waals surface area contributed by atoms with Gasteiger partial charge in [-0.2, -0.15) is 5.10 Å². The van der Waals surface area contributed by atoms with Gasteiger partial charge in [-0.15, -0.1) is 0 Å². The van der Waals surface area contributed by atoms with Crippen LogP contribution in [-0.2, 0) is 4.79 Å². The SMILES string of the molecule is CC(C(=O)Nc1cc(Br)ccn1)n1cncn1. The fourth-order valence-corrected chi connectivity index (χ4v) is 1.58. The molecule has 88 valence electrons. The number of anilines is 1. The predicted molar refractivity (Wildman–Crippen MR) is 65.3 cm³/mol. The minimum absolute atomic E-state index is 0.193. The van der Waals surface area contributed by atoms with Crippen LogP contribution < -0.4 is 5.32 Å². The number of aromatic nitrogens is 4. The Balaban J connectivity index is 2.07. The molecule has 1 unspecified atom stereocenters. The fourth-order valence-electron chi connectivity index (χ4n) is 1.24. The number of carbonyl (C=O) groups excluding carboxylic acids is 1. The number of pyridine rings is 1. The van der Waals surface area contributed by atoms with Gasteiger partial charge in [0.25, 0.3) is 0 Å². The molecule has 0 spiro atoms. The highest BCUT2D eigenvalue weighted by molar-refractivity contribution is 9.10. The van der Waals surface area contributed by atoms with E-state index in [1.54, 1.807) is 25.3 Å². The molecule has 1 amide bonds. The van der Waals surface area contributed by atoms with Crippen LogP contribution in [0.2, 0.25) is 0 Å². The standard InChI is InChI=1S/C10H10BrN5O/c1-7(16-6-12-5-14-16)10(17)15-9-4-8(11)2-3-13-9/h2-7H,1H3,(H,13,15,17). The maximum atomic E-state index is 11.9. The van der Waals surface area contributed by atoms with E-state index in [9.17, 15) is 4.79 Å². The fraction of sp³-hybridized carbons (Fsp3) is 0.200. The quantitative estimate of drug-likeness (QED) is 0.934. The highest BCUT2D eigenvalue weighted by Gasteiger charge is 2.15. The lowest BCUT2D eigenvalue weighted by molar-refractivity contribution is -0.119. The van der Waals surface area contributed by atoms with E-state index in [0.29, 0.717) is 5.82 Å². The van der Waals surface area contributed by atoms with Crippen LogP contribution in [0, 0.1) is 0 Å². The van der Waals surface area contributed by atoms with Crippen molar-refractivity contribution < 1.29 is 4.79 Å². The lowest BCUT2D eigenvalue weighted by atomic mass is 10.3. The van der Waals surface area contributed by atoms with Gasteiger partial charge in [0.15, 0.2) is 0 Å². The van der Waals surface area contributed by atoms with Crippen molar-refractivity contribution in [1.82, 2.24) is 19.7 Å². The summed E-state index contributed by atoms with van der Waals surface area (Å²) in [6.45, 7) is 1.74. The Labute approximate surface area is 106 Å². The third-order valence-electron chi connectivity index (χ3n) is 2.19. The Kier molecular flexibility index (Phi) is 3.48. The number of hydrogen-bond donors (Lipinski definition) is 1. The normalized spacial score (nSPS) is 12.1. The maximum Gasteiger partial charge on any atom is 0.250 e. The summed E-state index contributed by atoms with van der Waals surface area (Å²) < 4.78 is 2.34. The van der Waals surface area contributed by atoms with E-state index >= 15 is 0 Å². The second-order valence-electron chi connectivity index (χ2n) is 3.40. The summed E-state index contributed by atoms with van der Waals surface area (Å²) in [6, 6.07) is 3.08. The molecule has 0 aliphatic rings. The zero-order valence-electron chi connectivity index (χ0n) is 9.04. The van der Waals surface area contributed by atoms with Gasteiger partial charge in [0.2, 0.25) is 5.91 Å². The van der Waals surface area contributed by atoms with Gasteiger partial charge in [-0.25, -0.2) is 14.6 Å². The summed E-state index contributed by atoms with van der Waals surface area (Å²) in [5, 5.41) is 6.61. The summed E-state index contributed by atoms with van der Waals surface area (Å²) in [5.41, 5.74) is 0. The Morgan fingerprint density at radius 3 is 3.06 bits per heavy atom. The van der Waals surface area contributed by atoms with Crippen LogP contribution >= 0.6 is 15.9 Å². The first-order valence-corrected chi connectivity index (χ1v) is 5.72. The molecule has 0 aromatic carbocycles. The van der Waals surface area contributed by atoms with Gasteiger partial charge in [0.1, 0.15) is 24.5 Å². The molecule has 0 saturated carbocycles. The third kappa shape index (κ3) is 2.88. The smallest absolute Gasteiger partial charge is 0.250 e. The van der Waals surface area contributed by atoms with Gasteiger partial charge < -0.3 is 5.32 Å². The topological polar surface area (TPSA) is 72.7 Å². The molecule has 2 heterocycles. The van der Waals surface area contributed by atoms with Crippen LogP contribution in [0.4, 0.5) is 5.82 Å². The van der Waals surface area contributed by atoms with Crippen LogP contribution in [-0.4, -0.2) is 25.7 Å². The van der Waals surface area contributed by atoms with Crippen LogP contribution in [0.15, 0.2) is 35.5 Å². The van der Waals surface area contributed by atoms with Crippen LogP contribution in [0.3, 0.4) is 0 Å². The summed E-state index contributed by atoms with van der Waals surface area (Å²) >= 11 is 3.31. The first-order valence-electron chi connectivity index (χ1n) is 4.93. The van der Waals surface area contributed by atoms with Crippen molar-refractivity contribution >= 4 is 27.7 Å². The molecule has 2 aromatic rings. The molecule has 0 radical (unpaired) electrons. The summed E-state index contributed by atoms with van der Waals surface area (Å²) in [5.74, 6) is 0.303. The second-order valence-corrected chi connectivity index (χ2v) is 4.32. The van der Waals surface area contributed by atoms with E-state index in [0.717, 1.165) is 4.47 Å². The van der Waals surface area contributed by atoms with Crippen molar-refractivity contribution in [2.75, 3.05) is 5.32 Å². The molecule has 2 aromatic heterocycles. The zero-order valence-corrected chi connectivity index (χ0v) is 10.6.